The van der Waals surface area contributed by atoms with E-state index in [0.29, 0.717) is 16.8 Å². The number of hydrogen-bond donors (Lipinski definition) is 3. The van der Waals surface area contributed by atoms with E-state index in [2.05, 4.69) is 35.8 Å². The van der Waals surface area contributed by atoms with Crippen molar-refractivity contribution in [1.82, 2.24) is 25.1 Å². The Kier molecular flexibility index (Phi) is 5.02. The third kappa shape index (κ3) is 4.53. The number of aromatic nitrogens is 5. The summed E-state index contributed by atoms with van der Waals surface area (Å²) < 4.78 is 0. The van der Waals surface area contributed by atoms with E-state index in [1.807, 2.05) is 31.2 Å². The van der Waals surface area contributed by atoms with Crippen molar-refractivity contribution in [1.29, 1.82) is 0 Å². The Morgan fingerprint density at radius 2 is 1.88 bits per heavy atom. The van der Waals surface area contributed by atoms with Gasteiger partial charge in [0.05, 0.1) is 5.75 Å². The maximum absolute atomic E-state index is 11.9. The molecule has 2 aromatic heterocycles. The predicted molar refractivity (Wildman–Crippen MR) is 92.2 cm³/mol. The van der Waals surface area contributed by atoms with Crippen LogP contribution in [0, 0.1) is 6.92 Å². The highest BCUT2D eigenvalue weighted by Gasteiger charge is 2.07. The number of thioether (sulfide) groups is 1. The van der Waals surface area contributed by atoms with Crippen LogP contribution in [0.4, 0.5) is 17.3 Å². The summed E-state index contributed by atoms with van der Waals surface area (Å²) in [6, 6.07) is 9.06. The molecule has 122 valence electrons. The van der Waals surface area contributed by atoms with Crippen LogP contribution in [-0.2, 0) is 4.79 Å². The van der Waals surface area contributed by atoms with Crippen LogP contribution in [0.2, 0.25) is 0 Å². The second kappa shape index (κ2) is 7.55. The number of aryl methyl sites for hydroxylation is 1. The lowest BCUT2D eigenvalue weighted by atomic mass is 10.3. The molecule has 2 heterocycles. The summed E-state index contributed by atoms with van der Waals surface area (Å²) in [5.41, 5.74) is 1.55. The number of carbonyl (C=O) groups is 1. The highest BCUT2D eigenvalue weighted by atomic mass is 32.2. The molecule has 9 heteroatoms. The van der Waals surface area contributed by atoms with E-state index in [-0.39, 0.29) is 11.7 Å². The molecule has 0 aliphatic carbocycles. The topological polar surface area (TPSA) is 108 Å². The molecule has 0 atom stereocenters. The Bertz CT molecular complexity index is 804. The first-order chi connectivity index (χ1) is 11.7. The first kappa shape index (κ1) is 15.9. The minimum Gasteiger partial charge on any atom is -0.325 e. The van der Waals surface area contributed by atoms with Crippen molar-refractivity contribution in [3.63, 3.8) is 0 Å². The van der Waals surface area contributed by atoms with Crippen molar-refractivity contribution in [2.24, 2.45) is 0 Å². The van der Waals surface area contributed by atoms with Gasteiger partial charge in [-0.1, -0.05) is 11.8 Å². The normalized spacial score (nSPS) is 10.4. The van der Waals surface area contributed by atoms with Crippen LogP contribution in [0.15, 0.2) is 47.9 Å². The number of anilines is 3. The van der Waals surface area contributed by atoms with Gasteiger partial charge in [-0.3, -0.25) is 9.89 Å². The second-order valence-electron chi connectivity index (χ2n) is 4.81. The Hall–Kier alpha value is -2.94. The smallest absolute Gasteiger partial charge is 0.234 e. The van der Waals surface area contributed by atoms with Crippen LogP contribution in [0.3, 0.4) is 0 Å². The lowest BCUT2D eigenvalue weighted by molar-refractivity contribution is -0.113. The van der Waals surface area contributed by atoms with Gasteiger partial charge < -0.3 is 10.6 Å². The molecule has 3 N–H and O–H groups in total. The van der Waals surface area contributed by atoms with Gasteiger partial charge in [-0.25, -0.2) is 15.0 Å². The summed E-state index contributed by atoms with van der Waals surface area (Å²) in [5, 5.41) is 13.2. The van der Waals surface area contributed by atoms with E-state index < -0.39 is 0 Å². The van der Waals surface area contributed by atoms with Crippen LogP contribution in [0.5, 0.6) is 0 Å². The molecule has 1 amide bonds. The Labute approximate surface area is 142 Å². The van der Waals surface area contributed by atoms with E-state index >= 15 is 0 Å². The first-order valence-electron chi connectivity index (χ1n) is 7.15. The summed E-state index contributed by atoms with van der Waals surface area (Å²) in [5.74, 6) is 1.38. The SMILES string of the molecule is Cc1nc(SCC(=O)Nc2ccc(Nc3ncccn3)cc2)n[nH]1. The largest absolute Gasteiger partial charge is 0.325 e. The van der Waals surface area contributed by atoms with Crippen molar-refractivity contribution in [3.05, 3.63) is 48.5 Å². The number of benzene rings is 1. The van der Waals surface area contributed by atoms with Gasteiger partial charge in [0.25, 0.3) is 0 Å². The van der Waals surface area contributed by atoms with Crippen LogP contribution in [0.1, 0.15) is 5.82 Å². The fourth-order valence-electron chi connectivity index (χ4n) is 1.84. The van der Waals surface area contributed by atoms with Gasteiger partial charge >= 0.3 is 0 Å². The summed E-state index contributed by atoms with van der Waals surface area (Å²) >= 11 is 1.28. The molecule has 0 bridgehead atoms. The van der Waals surface area contributed by atoms with Crippen molar-refractivity contribution >= 4 is 35.0 Å². The van der Waals surface area contributed by atoms with E-state index in [9.17, 15) is 4.79 Å². The predicted octanol–water partition coefficient (Wildman–Crippen LogP) is 2.38. The zero-order valence-corrected chi connectivity index (χ0v) is 13.7. The zero-order valence-electron chi connectivity index (χ0n) is 12.9. The third-order valence-corrected chi connectivity index (χ3v) is 3.75. The molecule has 0 radical (unpaired) electrons. The molecule has 0 aliphatic heterocycles. The average Bonchev–Trinajstić information content (AvgIpc) is 3.01. The fraction of sp³-hybridized carbons (Fsp3) is 0.133. The lowest BCUT2D eigenvalue weighted by Gasteiger charge is -2.07. The number of hydrogen-bond acceptors (Lipinski definition) is 7. The molecule has 0 saturated carbocycles. The van der Waals surface area contributed by atoms with E-state index in [1.54, 1.807) is 18.5 Å². The highest BCUT2D eigenvalue weighted by molar-refractivity contribution is 7.99. The van der Waals surface area contributed by atoms with Crippen LogP contribution >= 0.6 is 11.8 Å². The number of nitrogens with zero attached hydrogens (tertiary/aromatic N) is 4. The molecule has 3 rings (SSSR count). The second-order valence-corrected chi connectivity index (χ2v) is 5.76. The van der Waals surface area contributed by atoms with Crippen LogP contribution in [0.25, 0.3) is 0 Å². The Morgan fingerprint density at radius 1 is 1.17 bits per heavy atom. The van der Waals surface area contributed by atoms with Gasteiger partial charge in [0, 0.05) is 23.8 Å². The van der Waals surface area contributed by atoms with Gasteiger partial charge in [-0.2, -0.15) is 0 Å². The van der Waals surface area contributed by atoms with Gasteiger partial charge in [-0.05, 0) is 37.3 Å². The van der Waals surface area contributed by atoms with Gasteiger partial charge in [0.15, 0.2) is 0 Å². The quantitative estimate of drug-likeness (QED) is 0.591. The highest BCUT2D eigenvalue weighted by Crippen LogP contribution is 2.17. The maximum Gasteiger partial charge on any atom is 0.234 e. The van der Waals surface area contributed by atoms with Crippen molar-refractivity contribution in [3.8, 4) is 0 Å². The minimum absolute atomic E-state index is 0.116. The summed E-state index contributed by atoms with van der Waals surface area (Å²) in [6.07, 6.45) is 3.33. The Morgan fingerprint density at radius 3 is 2.54 bits per heavy atom. The molecular weight excluding hydrogens is 326 g/mol. The fourth-order valence-corrected chi connectivity index (χ4v) is 2.49. The number of H-pyrrole nitrogens is 1. The van der Waals surface area contributed by atoms with Crippen LogP contribution in [-0.4, -0.2) is 36.8 Å². The number of nitrogens with one attached hydrogen (secondary N) is 3. The summed E-state index contributed by atoms with van der Waals surface area (Å²) in [4.78, 5) is 24.3. The average molecular weight is 341 g/mol. The molecule has 24 heavy (non-hydrogen) atoms. The molecule has 3 aromatic rings. The Balaban J connectivity index is 1.51. The number of amides is 1. The van der Waals surface area contributed by atoms with Crippen LogP contribution < -0.4 is 10.6 Å². The summed E-state index contributed by atoms with van der Waals surface area (Å²) in [7, 11) is 0. The molecule has 0 fully saturated rings. The molecule has 1 aromatic carbocycles. The molecular formula is C15H15N7OS. The lowest BCUT2D eigenvalue weighted by Crippen LogP contribution is -2.14. The van der Waals surface area contributed by atoms with E-state index in [1.165, 1.54) is 11.8 Å². The molecule has 0 saturated heterocycles. The van der Waals surface area contributed by atoms with Crippen molar-refractivity contribution < 1.29 is 4.79 Å². The molecule has 0 unspecified atom stereocenters. The minimum atomic E-state index is -0.116. The maximum atomic E-state index is 11.9. The van der Waals surface area contributed by atoms with E-state index in [0.717, 1.165) is 11.5 Å². The van der Waals surface area contributed by atoms with Crippen molar-refractivity contribution in [2.45, 2.75) is 12.1 Å². The number of aromatic amines is 1. The molecule has 0 spiro atoms. The summed E-state index contributed by atoms with van der Waals surface area (Å²) in [6.45, 7) is 1.81. The number of rotatable bonds is 6. The van der Waals surface area contributed by atoms with E-state index in [4.69, 9.17) is 0 Å². The van der Waals surface area contributed by atoms with Gasteiger partial charge in [-0.15, -0.1) is 5.10 Å². The first-order valence-corrected chi connectivity index (χ1v) is 8.13. The van der Waals surface area contributed by atoms with Crippen molar-refractivity contribution in [2.75, 3.05) is 16.4 Å². The monoisotopic (exact) mass is 341 g/mol. The number of carbonyl (C=O) groups excluding carboxylic acids is 1. The molecule has 8 nitrogen and oxygen atoms in total. The standard InChI is InChI=1S/C15H15N7OS/c1-10-18-15(22-21-10)24-9-13(23)19-11-3-5-12(6-4-11)20-14-16-7-2-8-17-14/h2-8H,9H2,1H3,(H,19,23)(H,16,17,20)(H,18,21,22). The zero-order chi connectivity index (χ0) is 16.8. The molecule has 0 aliphatic rings. The van der Waals surface area contributed by atoms with Gasteiger partial charge in [0.2, 0.25) is 17.0 Å². The van der Waals surface area contributed by atoms with Gasteiger partial charge in [0.1, 0.15) is 5.82 Å². The third-order valence-electron chi connectivity index (χ3n) is 2.90.